The summed E-state index contributed by atoms with van der Waals surface area (Å²) in [4.78, 5) is 31.6. The summed E-state index contributed by atoms with van der Waals surface area (Å²) in [6.45, 7) is 3.69. The molecule has 2 atom stereocenters. The number of nitrogens with zero attached hydrogens (tertiary/aromatic N) is 5. The normalized spacial score (nSPS) is 21.3. The van der Waals surface area contributed by atoms with Crippen LogP contribution in [0.4, 0.5) is 11.4 Å². The van der Waals surface area contributed by atoms with Gasteiger partial charge < -0.3 is 0 Å². The Morgan fingerprint density at radius 1 is 0.697 bits per heavy atom. The van der Waals surface area contributed by atoms with E-state index in [0.717, 1.165) is 5.56 Å². The first-order chi connectivity index (χ1) is 16.1. The van der Waals surface area contributed by atoms with Crippen LogP contribution < -0.4 is 10.0 Å². The Hall–Kier alpha value is -4.13. The summed E-state index contributed by atoms with van der Waals surface area (Å²) in [5, 5.41) is 12.0. The van der Waals surface area contributed by atoms with Crippen molar-refractivity contribution in [1.82, 2.24) is 4.98 Å². The molecule has 5 rings (SSSR count). The highest BCUT2D eigenvalue weighted by atomic mass is 16.2. The lowest BCUT2D eigenvalue weighted by atomic mass is 9.73. The number of carbonyl (C=O) groups is 2. The number of hydrogen-bond acceptors (Lipinski definition) is 5. The number of aromatic nitrogens is 1. The van der Waals surface area contributed by atoms with Gasteiger partial charge in [0.25, 0.3) is 11.8 Å². The zero-order chi connectivity index (χ0) is 22.9. The average Bonchev–Trinajstić information content (AvgIpc) is 3.31. The van der Waals surface area contributed by atoms with E-state index in [4.69, 9.17) is 0 Å². The Bertz CT molecular complexity index is 1160. The molecular weight excluding hydrogens is 414 g/mol. The number of pyridine rings is 1. The lowest BCUT2D eigenvalue weighted by Crippen LogP contribution is -2.40. The van der Waals surface area contributed by atoms with E-state index in [-0.39, 0.29) is 11.8 Å². The van der Waals surface area contributed by atoms with Crippen LogP contribution in [-0.2, 0) is 9.59 Å². The van der Waals surface area contributed by atoms with Gasteiger partial charge in [-0.25, -0.2) is 10.0 Å². The van der Waals surface area contributed by atoms with E-state index in [1.165, 1.54) is 10.0 Å². The van der Waals surface area contributed by atoms with Gasteiger partial charge in [-0.05, 0) is 49.7 Å². The van der Waals surface area contributed by atoms with Gasteiger partial charge in [0.1, 0.15) is 0 Å². The molecule has 0 aliphatic carbocycles. The van der Waals surface area contributed by atoms with E-state index in [9.17, 15) is 9.59 Å². The van der Waals surface area contributed by atoms with Crippen molar-refractivity contribution in [2.45, 2.75) is 19.8 Å². The molecule has 1 aromatic heterocycles. The summed E-state index contributed by atoms with van der Waals surface area (Å²) >= 11 is 0. The standard InChI is InChI=1S/C26H23N5O2/c1-17-22(25(32)30(28-17)20-11-5-3-6-12-20)24(19-10-9-15-27-16-19)23-18(2)29-31(26(23)33)21-13-7-4-8-14-21/h3-16,22-24H,1-2H3. The SMILES string of the molecule is CC1=NN(c2ccccc2)C(=O)C1C(c1cccnc1)C1C(=O)N(c2ccccc2)N=C1C. The fourth-order valence-electron chi connectivity index (χ4n) is 4.65. The van der Waals surface area contributed by atoms with Gasteiger partial charge in [0.2, 0.25) is 0 Å². The highest BCUT2D eigenvalue weighted by molar-refractivity contribution is 6.19. The maximum Gasteiger partial charge on any atom is 0.256 e. The van der Waals surface area contributed by atoms with Crippen LogP contribution in [-0.4, -0.2) is 28.2 Å². The van der Waals surface area contributed by atoms with Gasteiger partial charge in [-0.15, -0.1) is 0 Å². The molecule has 2 aromatic carbocycles. The third-order valence-electron chi connectivity index (χ3n) is 6.15. The number of hydrogen-bond donors (Lipinski definition) is 0. The fourth-order valence-corrected chi connectivity index (χ4v) is 4.65. The van der Waals surface area contributed by atoms with Crippen LogP contribution in [0.1, 0.15) is 25.3 Å². The minimum atomic E-state index is -0.607. The highest BCUT2D eigenvalue weighted by Gasteiger charge is 2.50. The summed E-state index contributed by atoms with van der Waals surface area (Å²) in [5.41, 5.74) is 3.53. The Balaban J connectivity index is 1.56. The molecule has 3 aromatic rings. The van der Waals surface area contributed by atoms with Crippen LogP contribution in [0.3, 0.4) is 0 Å². The number of para-hydroxylation sites is 2. The minimum absolute atomic E-state index is 0.161. The zero-order valence-electron chi connectivity index (χ0n) is 18.4. The highest BCUT2D eigenvalue weighted by Crippen LogP contribution is 2.42. The van der Waals surface area contributed by atoms with Gasteiger partial charge in [0, 0.05) is 29.7 Å². The van der Waals surface area contributed by atoms with E-state index >= 15 is 0 Å². The first-order valence-corrected chi connectivity index (χ1v) is 10.8. The van der Waals surface area contributed by atoms with Gasteiger partial charge in [-0.3, -0.25) is 14.6 Å². The van der Waals surface area contributed by atoms with Gasteiger partial charge >= 0.3 is 0 Å². The molecule has 0 fully saturated rings. The molecule has 33 heavy (non-hydrogen) atoms. The van der Waals surface area contributed by atoms with Crippen molar-refractivity contribution in [3.05, 3.63) is 90.8 Å². The molecule has 3 heterocycles. The van der Waals surface area contributed by atoms with Crippen molar-refractivity contribution in [3.63, 3.8) is 0 Å². The molecule has 0 radical (unpaired) electrons. The molecular formula is C26H23N5O2. The van der Waals surface area contributed by atoms with Crippen LogP contribution in [0.15, 0.2) is 95.4 Å². The fraction of sp³-hybridized carbons (Fsp3) is 0.192. The number of anilines is 2. The summed E-state index contributed by atoms with van der Waals surface area (Å²) in [7, 11) is 0. The number of benzene rings is 2. The van der Waals surface area contributed by atoms with Crippen molar-refractivity contribution in [3.8, 4) is 0 Å². The second-order valence-corrected chi connectivity index (χ2v) is 8.22. The first kappa shape index (κ1) is 20.8. The van der Waals surface area contributed by atoms with E-state index in [2.05, 4.69) is 15.2 Å². The predicted molar refractivity (Wildman–Crippen MR) is 128 cm³/mol. The molecule has 0 spiro atoms. The van der Waals surface area contributed by atoms with Gasteiger partial charge in [0.15, 0.2) is 0 Å². The number of hydrazone groups is 2. The van der Waals surface area contributed by atoms with Crippen LogP contribution in [0.25, 0.3) is 0 Å². The Kier molecular flexibility index (Phi) is 5.30. The topological polar surface area (TPSA) is 78.2 Å². The van der Waals surface area contributed by atoms with Gasteiger partial charge in [0.05, 0.1) is 23.2 Å². The molecule has 2 amide bonds. The second kappa shape index (κ2) is 8.43. The van der Waals surface area contributed by atoms with Crippen LogP contribution >= 0.6 is 0 Å². The minimum Gasteiger partial charge on any atom is -0.272 e. The monoisotopic (exact) mass is 437 g/mol. The Labute approximate surface area is 192 Å². The molecule has 7 heteroatoms. The van der Waals surface area contributed by atoms with Crippen molar-refractivity contribution < 1.29 is 9.59 Å². The Morgan fingerprint density at radius 3 is 1.61 bits per heavy atom. The largest absolute Gasteiger partial charge is 0.272 e. The van der Waals surface area contributed by atoms with E-state index in [1.54, 1.807) is 12.4 Å². The molecule has 0 bridgehead atoms. The molecule has 0 N–H and O–H groups in total. The number of carbonyl (C=O) groups excluding carboxylic acids is 2. The van der Waals surface area contributed by atoms with E-state index in [1.807, 2.05) is 86.6 Å². The summed E-state index contributed by atoms with van der Waals surface area (Å²) in [6, 6.07) is 22.4. The zero-order valence-corrected chi connectivity index (χ0v) is 18.4. The molecule has 0 saturated heterocycles. The van der Waals surface area contributed by atoms with E-state index in [0.29, 0.717) is 22.8 Å². The average molecular weight is 438 g/mol. The lowest BCUT2D eigenvalue weighted by molar-refractivity contribution is -0.122. The molecule has 0 saturated carbocycles. The third kappa shape index (κ3) is 3.61. The molecule has 2 unspecified atom stereocenters. The van der Waals surface area contributed by atoms with Crippen molar-refractivity contribution in [1.29, 1.82) is 0 Å². The van der Waals surface area contributed by atoms with Crippen LogP contribution in [0.5, 0.6) is 0 Å². The van der Waals surface area contributed by atoms with Gasteiger partial charge in [-0.1, -0.05) is 42.5 Å². The maximum absolute atomic E-state index is 13.7. The Morgan fingerprint density at radius 2 is 1.18 bits per heavy atom. The van der Waals surface area contributed by atoms with Crippen LogP contribution in [0, 0.1) is 11.8 Å². The van der Waals surface area contributed by atoms with E-state index < -0.39 is 17.8 Å². The molecule has 7 nitrogen and oxygen atoms in total. The summed E-state index contributed by atoms with van der Waals surface area (Å²) in [6.07, 6.45) is 3.41. The number of rotatable bonds is 5. The molecule has 164 valence electrons. The first-order valence-electron chi connectivity index (χ1n) is 10.8. The third-order valence-corrected chi connectivity index (χ3v) is 6.15. The predicted octanol–water partition coefficient (Wildman–Crippen LogP) is 4.24. The van der Waals surface area contributed by atoms with Crippen molar-refractivity contribution >= 4 is 34.6 Å². The summed E-state index contributed by atoms with van der Waals surface area (Å²) < 4.78 is 0. The molecule has 2 aliphatic rings. The number of amides is 2. The molecule has 2 aliphatic heterocycles. The second-order valence-electron chi connectivity index (χ2n) is 8.22. The van der Waals surface area contributed by atoms with Crippen LogP contribution in [0.2, 0.25) is 0 Å². The maximum atomic E-state index is 13.7. The quantitative estimate of drug-likeness (QED) is 0.599. The smallest absolute Gasteiger partial charge is 0.256 e. The van der Waals surface area contributed by atoms with Crippen molar-refractivity contribution in [2.75, 3.05) is 10.0 Å². The van der Waals surface area contributed by atoms with Crippen molar-refractivity contribution in [2.24, 2.45) is 22.0 Å². The lowest BCUT2D eigenvalue weighted by Gasteiger charge is -2.28. The summed E-state index contributed by atoms with van der Waals surface area (Å²) in [5.74, 6) is -2.01. The van der Waals surface area contributed by atoms with Gasteiger partial charge in [-0.2, -0.15) is 10.2 Å².